The van der Waals surface area contributed by atoms with Gasteiger partial charge in [-0.05, 0) is 26.7 Å². The molecule has 0 aromatic heterocycles. The fraction of sp³-hybridized carbons (Fsp3) is 0.889. The molecule has 1 rings (SSSR count). The van der Waals surface area contributed by atoms with E-state index in [0.717, 1.165) is 12.8 Å². The van der Waals surface area contributed by atoms with Crippen LogP contribution in [0.1, 0.15) is 39.5 Å². The molecule has 88 valence electrons. The van der Waals surface area contributed by atoms with Crippen molar-refractivity contribution in [1.82, 2.24) is 10.0 Å². The molecular formula is C9H18N2O3S. The molecule has 0 spiro atoms. The third kappa shape index (κ3) is 3.70. The molecule has 1 fully saturated rings. The molecular weight excluding hydrogens is 216 g/mol. The minimum absolute atomic E-state index is 0.0659. The van der Waals surface area contributed by atoms with E-state index in [-0.39, 0.29) is 6.04 Å². The molecule has 15 heavy (non-hydrogen) atoms. The molecule has 6 heteroatoms. The van der Waals surface area contributed by atoms with Crippen molar-refractivity contribution in [1.29, 1.82) is 0 Å². The van der Waals surface area contributed by atoms with E-state index in [2.05, 4.69) is 10.0 Å². The van der Waals surface area contributed by atoms with Gasteiger partial charge in [-0.3, -0.25) is 0 Å². The topological polar surface area (TPSA) is 75.3 Å². The Balaban J connectivity index is 2.52. The van der Waals surface area contributed by atoms with E-state index >= 15 is 0 Å². The third-order valence-electron chi connectivity index (χ3n) is 2.40. The number of carbonyl (C=O) groups is 1. The second-order valence-electron chi connectivity index (χ2n) is 4.18. The van der Waals surface area contributed by atoms with Gasteiger partial charge >= 0.3 is 6.03 Å². The van der Waals surface area contributed by atoms with Gasteiger partial charge < -0.3 is 5.32 Å². The van der Waals surface area contributed by atoms with Crippen LogP contribution in [0.3, 0.4) is 0 Å². The van der Waals surface area contributed by atoms with Crippen molar-refractivity contribution in [3.8, 4) is 0 Å². The third-order valence-corrected chi connectivity index (χ3v) is 4.21. The first-order chi connectivity index (χ1) is 6.92. The Morgan fingerprint density at radius 3 is 2.27 bits per heavy atom. The highest BCUT2D eigenvalue weighted by Gasteiger charge is 2.30. The zero-order chi connectivity index (χ0) is 11.5. The van der Waals surface area contributed by atoms with Gasteiger partial charge in [0, 0.05) is 6.04 Å². The lowest BCUT2D eigenvalue weighted by Gasteiger charge is -2.14. The van der Waals surface area contributed by atoms with Gasteiger partial charge in [0.1, 0.15) is 0 Å². The van der Waals surface area contributed by atoms with Crippen LogP contribution in [-0.4, -0.2) is 25.7 Å². The van der Waals surface area contributed by atoms with Crippen molar-refractivity contribution in [3.63, 3.8) is 0 Å². The van der Waals surface area contributed by atoms with Crippen LogP contribution >= 0.6 is 0 Å². The minimum Gasteiger partial charge on any atom is -0.335 e. The van der Waals surface area contributed by atoms with E-state index in [9.17, 15) is 13.2 Å². The molecule has 0 unspecified atom stereocenters. The van der Waals surface area contributed by atoms with Crippen molar-refractivity contribution >= 4 is 16.1 Å². The number of nitrogens with one attached hydrogen (secondary N) is 2. The van der Waals surface area contributed by atoms with E-state index in [4.69, 9.17) is 0 Å². The highest BCUT2D eigenvalue weighted by Crippen LogP contribution is 2.23. The Kier molecular flexibility index (Phi) is 3.96. The lowest BCUT2D eigenvalue weighted by Crippen LogP contribution is -2.45. The molecule has 5 nitrogen and oxygen atoms in total. The molecule has 0 aromatic carbocycles. The molecule has 1 aliphatic carbocycles. The molecule has 0 aromatic rings. The summed E-state index contributed by atoms with van der Waals surface area (Å²) in [6.45, 7) is 3.56. The smallest absolute Gasteiger partial charge is 0.328 e. The molecule has 2 N–H and O–H groups in total. The molecule has 1 aliphatic rings. The van der Waals surface area contributed by atoms with Crippen molar-refractivity contribution < 1.29 is 13.2 Å². The average molecular weight is 234 g/mol. The summed E-state index contributed by atoms with van der Waals surface area (Å²) in [4.78, 5) is 11.2. The summed E-state index contributed by atoms with van der Waals surface area (Å²) >= 11 is 0. The summed E-state index contributed by atoms with van der Waals surface area (Å²) in [6, 6.07) is -0.694. The Labute approximate surface area is 90.7 Å². The summed E-state index contributed by atoms with van der Waals surface area (Å²) in [5.74, 6) is 0. The molecule has 0 radical (unpaired) electrons. The van der Waals surface area contributed by atoms with Gasteiger partial charge in [-0.2, -0.15) is 0 Å². The minimum atomic E-state index is -3.47. The second kappa shape index (κ2) is 4.83. The molecule has 0 bridgehead atoms. The van der Waals surface area contributed by atoms with Crippen LogP contribution in [0.15, 0.2) is 0 Å². The van der Waals surface area contributed by atoms with E-state index in [1.54, 1.807) is 13.8 Å². The monoisotopic (exact) mass is 234 g/mol. The largest absolute Gasteiger partial charge is 0.335 e. The molecule has 0 atom stereocenters. The number of hydrogen-bond donors (Lipinski definition) is 2. The lowest BCUT2D eigenvalue weighted by atomic mass is 10.4. The summed E-state index contributed by atoms with van der Waals surface area (Å²) in [5, 5.41) is 2.10. The van der Waals surface area contributed by atoms with Gasteiger partial charge in [-0.25, -0.2) is 17.9 Å². The van der Waals surface area contributed by atoms with Crippen molar-refractivity contribution in [3.05, 3.63) is 0 Å². The van der Waals surface area contributed by atoms with Crippen molar-refractivity contribution in [2.75, 3.05) is 0 Å². The Morgan fingerprint density at radius 2 is 1.80 bits per heavy atom. The van der Waals surface area contributed by atoms with Gasteiger partial charge in [-0.15, -0.1) is 0 Å². The van der Waals surface area contributed by atoms with Gasteiger partial charge in [0.15, 0.2) is 0 Å². The maximum absolute atomic E-state index is 11.7. The number of sulfonamides is 1. The van der Waals surface area contributed by atoms with Crippen molar-refractivity contribution in [2.24, 2.45) is 0 Å². The van der Waals surface area contributed by atoms with Crippen LogP contribution in [0.4, 0.5) is 4.79 Å². The summed E-state index contributed by atoms with van der Waals surface area (Å²) in [7, 11) is -3.47. The van der Waals surface area contributed by atoms with Gasteiger partial charge in [0.05, 0.1) is 5.25 Å². The van der Waals surface area contributed by atoms with Crippen LogP contribution in [-0.2, 0) is 10.0 Å². The van der Waals surface area contributed by atoms with Crippen LogP contribution in [0.2, 0.25) is 0 Å². The molecule has 1 saturated carbocycles. The first kappa shape index (κ1) is 12.3. The van der Waals surface area contributed by atoms with Crippen LogP contribution in [0.5, 0.6) is 0 Å². The van der Waals surface area contributed by atoms with Crippen LogP contribution in [0.25, 0.3) is 0 Å². The molecule has 2 amide bonds. The Morgan fingerprint density at radius 1 is 1.27 bits per heavy atom. The highest BCUT2D eigenvalue weighted by atomic mass is 32.2. The number of urea groups is 1. The van der Waals surface area contributed by atoms with E-state index in [1.807, 2.05) is 0 Å². The quantitative estimate of drug-likeness (QED) is 0.764. The standard InChI is InChI=1S/C9H18N2O3S/c1-7(2)10-9(12)11-15(13,14)8-5-3-4-6-8/h7-8H,3-6H2,1-2H3,(H2,10,11,12). The van der Waals surface area contributed by atoms with Crippen LogP contribution < -0.4 is 10.0 Å². The first-order valence-electron chi connectivity index (χ1n) is 5.24. The fourth-order valence-corrected chi connectivity index (χ4v) is 3.14. The lowest BCUT2D eigenvalue weighted by molar-refractivity contribution is 0.243. The Bertz CT molecular complexity index is 318. The molecule has 0 aliphatic heterocycles. The predicted molar refractivity (Wildman–Crippen MR) is 58.0 cm³/mol. The normalized spacial score (nSPS) is 18.1. The van der Waals surface area contributed by atoms with Crippen LogP contribution in [0, 0.1) is 0 Å². The van der Waals surface area contributed by atoms with E-state index in [0.29, 0.717) is 12.8 Å². The number of amides is 2. The van der Waals surface area contributed by atoms with E-state index in [1.165, 1.54) is 0 Å². The van der Waals surface area contributed by atoms with Gasteiger partial charge in [0.25, 0.3) is 0 Å². The number of carbonyl (C=O) groups excluding carboxylic acids is 1. The second-order valence-corrected chi connectivity index (χ2v) is 6.14. The number of rotatable bonds is 3. The number of hydrogen-bond acceptors (Lipinski definition) is 3. The zero-order valence-electron chi connectivity index (χ0n) is 9.12. The SMILES string of the molecule is CC(C)NC(=O)NS(=O)(=O)C1CCCC1. The van der Waals surface area contributed by atoms with Gasteiger partial charge in [-0.1, -0.05) is 12.8 Å². The predicted octanol–water partition coefficient (Wildman–Crippen LogP) is 0.966. The maximum atomic E-state index is 11.7. The maximum Gasteiger partial charge on any atom is 0.328 e. The first-order valence-corrected chi connectivity index (χ1v) is 6.78. The molecule has 0 saturated heterocycles. The zero-order valence-corrected chi connectivity index (χ0v) is 9.93. The summed E-state index contributed by atoms with van der Waals surface area (Å²) in [5.41, 5.74) is 0. The fourth-order valence-electron chi connectivity index (χ4n) is 1.70. The molecule has 0 heterocycles. The van der Waals surface area contributed by atoms with Gasteiger partial charge in [0.2, 0.25) is 10.0 Å². The highest BCUT2D eigenvalue weighted by molar-refractivity contribution is 7.90. The van der Waals surface area contributed by atoms with Crippen molar-refractivity contribution in [2.45, 2.75) is 50.8 Å². The average Bonchev–Trinajstić information content (AvgIpc) is 2.51. The Hall–Kier alpha value is -0.780. The summed E-state index contributed by atoms with van der Waals surface area (Å²) < 4.78 is 25.4. The summed E-state index contributed by atoms with van der Waals surface area (Å²) in [6.07, 6.45) is 3.17. The van der Waals surface area contributed by atoms with E-state index < -0.39 is 21.3 Å².